The highest BCUT2D eigenvalue weighted by Crippen LogP contribution is 2.41. The number of rotatable bonds is 4. The molecule has 2 rings (SSSR count). The molecule has 0 aliphatic rings. The standard InChI is InChI=1S/C13H6F7NO5S2/c1-5-9(11(22)25-20)27-10(21-5)6-2-3-8(7(4-6)12(14,15)16)26-28(23,24)13(17,18)19/h2-4H,1H3. The van der Waals surface area contributed by atoms with Crippen LogP contribution in [0.25, 0.3) is 10.6 Å². The fourth-order valence-electron chi connectivity index (χ4n) is 1.87. The Morgan fingerprint density at radius 1 is 1.14 bits per heavy atom. The van der Waals surface area contributed by atoms with E-state index in [1.54, 1.807) is 0 Å². The predicted molar refractivity (Wildman–Crippen MR) is 79.4 cm³/mol. The quantitative estimate of drug-likeness (QED) is 0.388. The van der Waals surface area contributed by atoms with Gasteiger partial charge >= 0.3 is 27.8 Å². The van der Waals surface area contributed by atoms with Gasteiger partial charge in [-0.1, -0.05) is 0 Å². The number of hydrogen-bond acceptors (Lipinski definition) is 7. The van der Waals surface area contributed by atoms with Crippen molar-refractivity contribution in [1.29, 1.82) is 0 Å². The molecule has 0 aliphatic heterocycles. The van der Waals surface area contributed by atoms with Crippen molar-refractivity contribution >= 4 is 27.4 Å². The minimum atomic E-state index is -6.34. The Balaban J connectivity index is 2.56. The molecule has 1 heterocycles. The smallest absolute Gasteiger partial charge is 0.375 e. The lowest BCUT2D eigenvalue weighted by molar-refractivity contribution is -0.138. The van der Waals surface area contributed by atoms with Crippen molar-refractivity contribution < 1.29 is 53.2 Å². The lowest BCUT2D eigenvalue weighted by Gasteiger charge is -2.15. The maximum Gasteiger partial charge on any atom is 0.534 e. The van der Waals surface area contributed by atoms with Crippen LogP contribution in [0.4, 0.5) is 30.9 Å². The van der Waals surface area contributed by atoms with Gasteiger partial charge in [0.2, 0.25) is 0 Å². The average molecular weight is 453 g/mol. The highest BCUT2D eigenvalue weighted by Gasteiger charge is 2.49. The van der Waals surface area contributed by atoms with Gasteiger partial charge in [-0.3, -0.25) is 0 Å². The summed E-state index contributed by atoms with van der Waals surface area (Å²) in [6.07, 6.45) is -5.29. The number of carbonyl (C=O) groups excluding carboxylic acids is 1. The zero-order chi connectivity index (χ0) is 21.5. The molecule has 0 fully saturated rings. The van der Waals surface area contributed by atoms with Gasteiger partial charge in [-0.05, 0) is 25.1 Å². The minimum absolute atomic E-state index is 0.0730. The molecule has 0 bridgehead atoms. The molecule has 0 unspecified atom stereocenters. The molecule has 0 saturated carbocycles. The molecule has 0 radical (unpaired) electrons. The van der Waals surface area contributed by atoms with E-state index in [2.05, 4.69) is 14.1 Å². The Bertz CT molecular complexity index is 1010. The molecule has 6 nitrogen and oxygen atoms in total. The number of hydrogen-bond donors (Lipinski definition) is 0. The first-order valence-corrected chi connectivity index (χ1v) is 8.92. The molecule has 0 saturated heterocycles. The minimum Gasteiger partial charge on any atom is -0.375 e. The lowest BCUT2D eigenvalue weighted by Crippen LogP contribution is -2.28. The summed E-state index contributed by atoms with van der Waals surface area (Å²) in [6, 6.07) is 1.43. The van der Waals surface area contributed by atoms with E-state index in [0.29, 0.717) is 17.4 Å². The normalized spacial score (nSPS) is 12.7. The van der Waals surface area contributed by atoms with E-state index in [-0.39, 0.29) is 27.2 Å². The molecule has 1 aromatic carbocycles. The number of alkyl halides is 6. The van der Waals surface area contributed by atoms with Crippen molar-refractivity contribution in [2.24, 2.45) is 0 Å². The maximum atomic E-state index is 13.2. The van der Waals surface area contributed by atoms with Crippen molar-refractivity contribution in [2.45, 2.75) is 18.6 Å². The number of aromatic nitrogens is 1. The van der Waals surface area contributed by atoms with Crippen molar-refractivity contribution in [2.75, 3.05) is 0 Å². The summed E-state index contributed by atoms with van der Waals surface area (Å²) in [5.74, 6) is -3.04. The Labute approximate surface area is 155 Å². The Morgan fingerprint density at radius 2 is 1.75 bits per heavy atom. The van der Waals surface area contributed by atoms with Crippen LogP contribution in [0.2, 0.25) is 0 Å². The van der Waals surface area contributed by atoms with Gasteiger partial charge in [0.25, 0.3) is 0 Å². The van der Waals surface area contributed by atoms with Crippen LogP contribution in [-0.4, -0.2) is 24.9 Å². The molecule has 28 heavy (non-hydrogen) atoms. The third-order valence-electron chi connectivity index (χ3n) is 3.07. The van der Waals surface area contributed by atoms with E-state index in [1.165, 1.54) is 6.92 Å². The van der Waals surface area contributed by atoms with Crippen LogP contribution < -0.4 is 4.18 Å². The molecule has 0 spiro atoms. The zero-order valence-corrected chi connectivity index (χ0v) is 14.8. The highest BCUT2D eigenvalue weighted by atomic mass is 32.2. The van der Waals surface area contributed by atoms with Gasteiger partial charge in [0.15, 0.2) is 5.75 Å². The zero-order valence-electron chi connectivity index (χ0n) is 13.2. The summed E-state index contributed by atoms with van der Waals surface area (Å²) < 4.78 is 114. The first-order valence-electron chi connectivity index (χ1n) is 6.70. The van der Waals surface area contributed by atoms with E-state index in [4.69, 9.17) is 0 Å². The Hall–Kier alpha value is -2.42. The fourth-order valence-corrected chi connectivity index (χ4v) is 3.27. The fraction of sp³-hybridized carbons (Fsp3) is 0.231. The summed E-state index contributed by atoms with van der Waals surface area (Å²) in [4.78, 5) is 17.6. The van der Waals surface area contributed by atoms with Gasteiger partial charge in [0.05, 0.1) is 11.3 Å². The molecule has 0 aliphatic carbocycles. The Morgan fingerprint density at radius 3 is 2.25 bits per heavy atom. The highest BCUT2D eigenvalue weighted by molar-refractivity contribution is 7.88. The molecular formula is C13H6F7NO5S2. The SMILES string of the molecule is Cc1nc(-c2ccc(OS(=O)(=O)C(F)(F)F)c(C(F)(F)F)c2)sc1C(=O)OF. The summed E-state index contributed by atoms with van der Waals surface area (Å²) in [5, 5.41) is -0.228. The van der Waals surface area contributed by atoms with Gasteiger partial charge in [-0.15, -0.1) is 11.3 Å². The summed E-state index contributed by atoms with van der Waals surface area (Å²) in [6.45, 7) is 1.24. The van der Waals surface area contributed by atoms with Crippen molar-refractivity contribution in [3.63, 3.8) is 0 Å². The molecular weight excluding hydrogens is 447 g/mol. The molecule has 154 valence electrons. The van der Waals surface area contributed by atoms with Crippen LogP contribution in [0, 0.1) is 6.92 Å². The Kier molecular flexibility index (Phi) is 5.62. The van der Waals surface area contributed by atoms with Gasteiger partial charge in [0.1, 0.15) is 9.88 Å². The van der Waals surface area contributed by atoms with E-state index in [0.717, 1.165) is 6.07 Å². The van der Waals surface area contributed by atoms with Gasteiger partial charge in [-0.25, -0.2) is 14.7 Å². The summed E-state index contributed by atoms with van der Waals surface area (Å²) in [7, 11) is -6.34. The van der Waals surface area contributed by atoms with Crippen LogP contribution in [0.15, 0.2) is 18.2 Å². The topological polar surface area (TPSA) is 82.6 Å². The number of aryl methyl sites for hydroxylation is 1. The van der Waals surface area contributed by atoms with Crippen LogP contribution >= 0.6 is 11.3 Å². The number of thiazole rings is 1. The second-order valence-corrected chi connectivity index (χ2v) is 7.53. The van der Waals surface area contributed by atoms with Crippen molar-refractivity contribution in [1.82, 2.24) is 4.98 Å². The number of nitrogens with zero attached hydrogens (tertiary/aromatic N) is 1. The number of carbonyl (C=O) groups is 1. The van der Waals surface area contributed by atoms with Crippen LogP contribution in [0.1, 0.15) is 20.9 Å². The summed E-state index contributed by atoms with van der Waals surface area (Å²) in [5.41, 5.74) is -8.19. The number of benzene rings is 1. The first-order chi connectivity index (χ1) is 12.7. The molecule has 2 aromatic rings. The lowest BCUT2D eigenvalue weighted by atomic mass is 10.1. The average Bonchev–Trinajstić information content (AvgIpc) is 2.94. The largest absolute Gasteiger partial charge is 0.534 e. The monoisotopic (exact) mass is 453 g/mol. The van der Waals surface area contributed by atoms with Crippen molar-refractivity contribution in [3.05, 3.63) is 34.3 Å². The molecule has 0 atom stereocenters. The van der Waals surface area contributed by atoms with Gasteiger partial charge in [0, 0.05) is 10.1 Å². The van der Waals surface area contributed by atoms with Gasteiger partial charge < -0.3 is 4.18 Å². The van der Waals surface area contributed by atoms with E-state index < -0.39 is 39.1 Å². The predicted octanol–water partition coefficient (Wildman–Crippen LogP) is 4.41. The van der Waals surface area contributed by atoms with Crippen LogP contribution in [0.5, 0.6) is 5.75 Å². The second-order valence-electron chi connectivity index (χ2n) is 4.99. The number of halogens is 7. The van der Waals surface area contributed by atoms with E-state index >= 15 is 0 Å². The first kappa shape index (κ1) is 21.9. The second kappa shape index (κ2) is 7.20. The van der Waals surface area contributed by atoms with Crippen LogP contribution in [-0.2, 0) is 21.2 Å². The molecule has 0 N–H and O–H groups in total. The maximum absolute atomic E-state index is 13.2. The molecule has 1 aromatic heterocycles. The van der Waals surface area contributed by atoms with Gasteiger partial charge in [-0.2, -0.15) is 34.8 Å². The van der Waals surface area contributed by atoms with E-state index in [9.17, 15) is 44.1 Å². The third kappa shape index (κ3) is 4.35. The summed E-state index contributed by atoms with van der Waals surface area (Å²) >= 11 is 0.456. The van der Waals surface area contributed by atoms with Crippen molar-refractivity contribution in [3.8, 4) is 16.3 Å². The van der Waals surface area contributed by atoms with Crippen LogP contribution in [0.3, 0.4) is 0 Å². The molecule has 0 amide bonds. The van der Waals surface area contributed by atoms with E-state index in [1.807, 2.05) is 0 Å². The third-order valence-corrected chi connectivity index (χ3v) is 5.22. The molecule has 15 heteroatoms.